The number of hydrogen-bond donors (Lipinski definition) is 0. The van der Waals surface area contributed by atoms with E-state index in [4.69, 9.17) is 0 Å². The average Bonchev–Trinajstić information content (AvgIpc) is 2.77. The van der Waals surface area contributed by atoms with Crippen molar-refractivity contribution in [3.8, 4) is 0 Å². The van der Waals surface area contributed by atoms with Crippen LogP contribution in [0.2, 0.25) is 0 Å². The fourth-order valence-corrected chi connectivity index (χ4v) is 3.83. The van der Waals surface area contributed by atoms with Crippen molar-refractivity contribution in [1.82, 2.24) is 0 Å². The highest BCUT2D eigenvalue weighted by Gasteiger charge is 2.18. The number of rotatable bonds is 7. The van der Waals surface area contributed by atoms with Crippen molar-refractivity contribution in [1.29, 1.82) is 0 Å². The van der Waals surface area contributed by atoms with E-state index >= 15 is 0 Å². The smallest absolute Gasteiger partial charge is 0.0489 e. The third kappa shape index (κ3) is 5.44. The molecule has 0 fully saturated rings. The van der Waals surface area contributed by atoms with E-state index in [0.717, 1.165) is 0 Å². The molecule has 0 aromatic carbocycles. The van der Waals surface area contributed by atoms with Crippen LogP contribution in [0.25, 0.3) is 0 Å². The lowest BCUT2D eigenvalue weighted by molar-refractivity contribution is 0.604. The Morgan fingerprint density at radius 2 is 1.78 bits per heavy atom. The Hall–Kier alpha value is 0.180. The molecule has 0 amide bonds. The third-order valence-corrected chi connectivity index (χ3v) is 6.11. The molecule has 0 saturated carbocycles. The van der Waals surface area contributed by atoms with Crippen LogP contribution in [0, 0.1) is 0 Å². The van der Waals surface area contributed by atoms with Gasteiger partial charge in [0.05, 0.1) is 0 Å². The second-order valence-electron chi connectivity index (χ2n) is 6.12. The van der Waals surface area contributed by atoms with Crippen LogP contribution >= 0.6 is 27.3 Å². The van der Waals surface area contributed by atoms with Crippen molar-refractivity contribution in [3.63, 3.8) is 0 Å². The summed E-state index contributed by atoms with van der Waals surface area (Å²) in [5.41, 5.74) is 0.288. The van der Waals surface area contributed by atoms with Crippen LogP contribution in [0.5, 0.6) is 0 Å². The number of alkyl halides is 1. The number of thiophene rings is 1. The molecule has 0 spiro atoms. The summed E-state index contributed by atoms with van der Waals surface area (Å²) in [5, 5.41) is 0. The Morgan fingerprint density at radius 3 is 2.33 bits per heavy atom. The SMILES string of the molecule is CCCCCCCC(Br)c1ccc(C(C)(C)C)s1. The van der Waals surface area contributed by atoms with E-state index in [1.807, 2.05) is 11.3 Å². The molecular weight excluding hydrogens is 304 g/mol. The van der Waals surface area contributed by atoms with E-state index < -0.39 is 0 Å². The Bertz CT molecular complexity index is 335. The molecule has 1 atom stereocenters. The molecule has 0 saturated heterocycles. The number of unbranched alkanes of at least 4 members (excludes halogenated alkanes) is 4. The molecule has 0 aliphatic carbocycles. The van der Waals surface area contributed by atoms with Crippen molar-refractivity contribution in [3.05, 3.63) is 21.9 Å². The van der Waals surface area contributed by atoms with E-state index in [0.29, 0.717) is 4.83 Å². The van der Waals surface area contributed by atoms with Gasteiger partial charge in [-0.05, 0) is 24.0 Å². The number of halogens is 1. The maximum absolute atomic E-state index is 3.85. The summed E-state index contributed by atoms with van der Waals surface area (Å²) in [6, 6.07) is 4.60. The van der Waals surface area contributed by atoms with Crippen molar-refractivity contribution >= 4 is 27.3 Å². The normalized spacial score (nSPS) is 13.8. The lowest BCUT2D eigenvalue weighted by Crippen LogP contribution is -2.07. The molecule has 0 bridgehead atoms. The largest absolute Gasteiger partial charge is 0.144 e. The minimum absolute atomic E-state index is 0.288. The summed E-state index contributed by atoms with van der Waals surface area (Å²) >= 11 is 5.82. The van der Waals surface area contributed by atoms with Gasteiger partial charge in [0.2, 0.25) is 0 Å². The van der Waals surface area contributed by atoms with Crippen LogP contribution in [0.1, 0.15) is 80.8 Å². The summed E-state index contributed by atoms with van der Waals surface area (Å²) in [5.74, 6) is 0. The van der Waals surface area contributed by atoms with Gasteiger partial charge in [0.1, 0.15) is 0 Å². The Morgan fingerprint density at radius 1 is 1.11 bits per heavy atom. The van der Waals surface area contributed by atoms with E-state index in [-0.39, 0.29) is 5.41 Å². The molecule has 104 valence electrons. The number of hydrogen-bond acceptors (Lipinski definition) is 1. The topological polar surface area (TPSA) is 0 Å². The Balaban J connectivity index is 2.37. The van der Waals surface area contributed by atoms with Gasteiger partial charge in [-0.1, -0.05) is 75.7 Å². The average molecular weight is 331 g/mol. The molecule has 0 aliphatic heterocycles. The molecule has 18 heavy (non-hydrogen) atoms. The first-order valence-corrected chi connectivity index (χ1v) is 8.92. The van der Waals surface area contributed by atoms with E-state index in [1.54, 1.807) is 0 Å². The lowest BCUT2D eigenvalue weighted by Gasteiger charge is -2.15. The van der Waals surface area contributed by atoms with Gasteiger partial charge in [-0.3, -0.25) is 0 Å². The zero-order valence-corrected chi connectivity index (χ0v) is 14.7. The van der Waals surface area contributed by atoms with Gasteiger partial charge in [0.15, 0.2) is 0 Å². The zero-order chi connectivity index (χ0) is 13.6. The summed E-state index contributed by atoms with van der Waals surface area (Å²) in [7, 11) is 0. The highest BCUT2D eigenvalue weighted by atomic mass is 79.9. The highest BCUT2D eigenvalue weighted by Crippen LogP contribution is 2.37. The fraction of sp³-hybridized carbons (Fsp3) is 0.750. The first-order chi connectivity index (χ1) is 8.45. The Labute approximate surface area is 125 Å². The van der Waals surface area contributed by atoms with E-state index in [9.17, 15) is 0 Å². The summed E-state index contributed by atoms with van der Waals surface area (Å²) < 4.78 is 0. The van der Waals surface area contributed by atoms with Crippen LogP contribution in [0.15, 0.2) is 12.1 Å². The van der Waals surface area contributed by atoms with Gasteiger partial charge in [-0.25, -0.2) is 0 Å². The van der Waals surface area contributed by atoms with Crippen LogP contribution in [0.4, 0.5) is 0 Å². The third-order valence-electron chi connectivity index (χ3n) is 3.24. The second-order valence-corrected chi connectivity index (χ2v) is 8.34. The molecule has 1 rings (SSSR count). The minimum atomic E-state index is 0.288. The molecule has 2 heteroatoms. The van der Waals surface area contributed by atoms with Crippen molar-refractivity contribution in [2.45, 2.75) is 76.5 Å². The first kappa shape index (κ1) is 16.2. The first-order valence-electron chi connectivity index (χ1n) is 7.19. The minimum Gasteiger partial charge on any atom is -0.144 e. The van der Waals surface area contributed by atoms with Crippen LogP contribution in [0.3, 0.4) is 0 Å². The molecule has 0 nitrogen and oxygen atoms in total. The molecule has 1 heterocycles. The van der Waals surface area contributed by atoms with Gasteiger partial charge in [-0.2, -0.15) is 0 Å². The maximum atomic E-state index is 3.85. The monoisotopic (exact) mass is 330 g/mol. The van der Waals surface area contributed by atoms with E-state index in [1.165, 1.54) is 48.3 Å². The van der Waals surface area contributed by atoms with Crippen molar-refractivity contribution < 1.29 is 0 Å². The van der Waals surface area contributed by atoms with Crippen molar-refractivity contribution in [2.24, 2.45) is 0 Å². The Kier molecular flexibility index (Phi) is 6.94. The lowest BCUT2D eigenvalue weighted by atomic mass is 9.95. The summed E-state index contributed by atoms with van der Waals surface area (Å²) in [6.07, 6.45) is 8.12. The van der Waals surface area contributed by atoms with Gasteiger partial charge < -0.3 is 0 Å². The summed E-state index contributed by atoms with van der Waals surface area (Å²) in [4.78, 5) is 3.54. The predicted octanol–water partition coefficient (Wildman–Crippen LogP) is 6.84. The van der Waals surface area contributed by atoms with Crippen molar-refractivity contribution in [2.75, 3.05) is 0 Å². The summed E-state index contributed by atoms with van der Waals surface area (Å²) in [6.45, 7) is 9.14. The molecule has 0 aliphatic rings. The maximum Gasteiger partial charge on any atom is 0.0489 e. The van der Waals surface area contributed by atoms with Gasteiger partial charge >= 0.3 is 0 Å². The van der Waals surface area contributed by atoms with Gasteiger partial charge in [-0.15, -0.1) is 11.3 Å². The second kappa shape index (κ2) is 7.69. The molecule has 0 N–H and O–H groups in total. The highest BCUT2D eigenvalue weighted by molar-refractivity contribution is 9.09. The standard InChI is InChI=1S/C16H27BrS/c1-5-6-7-8-9-10-13(17)14-11-12-15(18-14)16(2,3)4/h11-13H,5-10H2,1-4H3. The van der Waals surface area contributed by atoms with Gasteiger partial charge in [0.25, 0.3) is 0 Å². The van der Waals surface area contributed by atoms with Crippen LogP contribution < -0.4 is 0 Å². The molecular formula is C16H27BrS. The molecule has 0 radical (unpaired) electrons. The van der Waals surface area contributed by atoms with E-state index in [2.05, 4.69) is 55.8 Å². The molecule has 1 unspecified atom stereocenters. The molecule has 1 aromatic heterocycles. The fourth-order valence-electron chi connectivity index (χ4n) is 1.99. The quantitative estimate of drug-likeness (QED) is 0.379. The molecule has 1 aromatic rings. The van der Waals surface area contributed by atoms with Gasteiger partial charge in [0, 0.05) is 14.6 Å². The predicted molar refractivity (Wildman–Crippen MR) is 88.1 cm³/mol. The van der Waals surface area contributed by atoms with Crippen LogP contribution in [-0.4, -0.2) is 0 Å². The van der Waals surface area contributed by atoms with Crippen LogP contribution in [-0.2, 0) is 5.41 Å². The zero-order valence-electron chi connectivity index (χ0n) is 12.3.